The molecule has 34 heavy (non-hydrogen) atoms. The van der Waals surface area contributed by atoms with Crippen LogP contribution in [0.15, 0.2) is 10.6 Å². The lowest BCUT2D eigenvalue weighted by molar-refractivity contribution is -0.459. The van der Waals surface area contributed by atoms with Gasteiger partial charge in [0.05, 0.1) is 0 Å². The molecular formula is C13H5F17N2O2. The van der Waals surface area contributed by atoms with Crippen LogP contribution >= 0.6 is 0 Å². The Morgan fingerprint density at radius 1 is 0.676 bits per heavy atom. The molecule has 0 aromatic carbocycles. The van der Waals surface area contributed by atoms with Crippen molar-refractivity contribution in [3.63, 3.8) is 0 Å². The van der Waals surface area contributed by atoms with Crippen molar-refractivity contribution in [2.24, 2.45) is 0 Å². The SMILES string of the molecule is Cc1cc(NC(=O)C(F)(F)C(F)(F)C(F)(F)C(F)(F)C(F)(F)C(F)(F)C(F)(F)C(F)(F)F)no1. The summed E-state index contributed by atoms with van der Waals surface area (Å²) in [5.41, 5.74) is 0. The summed E-state index contributed by atoms with van der Waals surface area (Å²) < 4.78 is 227. The van der Waals surface area contributed by atoms with Crippen molar-refractivity contribution in [3.8, 4) is 0 Å². The molecule has 0 unspecified atom stereocenters. The molecule has 1 aromatic rings. The molecule has 0 radical (unpaired) electrons. The first kappa shape index (κ1) is 29.5. The lowest BCUT2D eigenvalue weighted by Gasteiger charge is -2.42. The van der Waals surface area contributed by atoms with E-state index in [-0.39, 0.29) is 5.76 Å². The number of carbonyl (C=O) groups excluding carboxylic acids is 1. The molecule has 1 amide bonds. The first-order chi connectivity index (χ1) is 14.6. The van der Waals surface area contributed by atoms with Crippen LogP contribution in [0.5, 0.6) is 0 Å². The van der Waals surface area contributed by atoms with Crippen molar-refractivity contribution < 1.29 is 84.0 Å². The number of nitrogens with zero attached hydrogens (tertiary/aromatic N) is 1. The quantitative estimate of drug-likeness (QED) is 0.413. The van der Waals surface area contributed by atoms with Gasteiger partial charge in [0.25, 0.3) is 0 Å². The van der Waals surface area contributed by atoms with Gasteiger partial charge in [0.15, 0.2) is 5.82 Å². The number of anilines is 1. The van der Waals surface area contributed by atoms with Crippen molar-refractivity contribution in [1.29, 1.82) is 0 Å². The number of alkyl halides is 17. The Hall–Kier alpha value is -2.51. The summed E-state index contributed by atoms with van der Waals surface area (Å²) in [7, 11) is 0. The number of aromatic nitrogens is 1. The highest BCUT2D eigenvalue weighted by Crippen LogP contribution is 2.63. The third-order valence-corrected chi connectivity index (χ3v) is 3.88. The molecule has 1 aromatic heterocycles. The number of carbonyl (C=O) groups is 1. The molecule has 4 nitrogen and oxygen atoms in total. The maximum absolute atomic E-state index is 13.6. The maximum Gasteiger partial charge on any atom is 0.460 e. The minimum atomic E-state index is -8.76. The van der Waals surface area contributed by atoms with Crippen molar-refractivity contribution in [2.75, 3.05) is 5.32 Å². The Bertz CT molecular complexity index is 917. The highest BCUT2D eigenvalue weighted by molar-refractivity contribution is 5.96. The molecule has 0 aliphatic rings. The maximum atomic E-state index is 13.6. The lowest BCUT2D eigenvalue weighted by atomic mass is 9.89. The van der Waals surface area contributed by atoms with Gasteiger partial charge in [-0.1, -0.05) is 5.16 Å². The number of nitrogens with one attached hydrogen (secondary N) is 1. The van der Waals surface area contributed by atoms with E-state index in [4.69, 9.17) is 0 Å². The minimum absolute atomic E-state index is 0.366. The first-order valence-corrected chi connectivity index (χ1v) is 7.60. The van der Waals surface area contributed by atoms with Gasteiger partial charge in [-0.25, -0.2) is 0 Å². The smallest absolute Gasteiger partial charge is 0.360 e. The second-order valence-electron chi connectivity index (χ2n) is 6.30. The van der Waals surface area contributed by atoms with Crippen LogP contribution in [0.2, 0.25) is 0 Å². The number of aryl methyl sites for hydroxylation is 1. The topological polar surface area (TPSA) is 55.1 Å². The van der Waals surface area contributed by atoms with Gasteiger partial charge >= 0.3 is 53.5 Å². The van der Waals surface area contributed by atoms with E-state index in [9.17, 15) is 79.4 Å². The zero-order chi connectivity index (χ0) is 27.6. The molecule has 21 heteroatoms. The number of halogens is 17. The van der Waals surface area contributed by atoms with Crippen molar-refractivity contribution in [1.82, 2.24) is 5.16 Å². The van der Waals surface area contributed by atoms with Crippen LogP contribution in [0.3, 0.4) is 0 Å². The van der Waals surface area contributed by atoms with E-state index in [1.807, 2.05) is 0 Å². The van der Waals surface area contributed by atoms with E-state index >= 15 is 0 Å². The number of rotatable bonds is 8. The summed E-state index contributed by atoms with van der Waals surface area (Å²) in [5.74, 6) is -63.6. The van der Waals surface area contributed by atoms with E-state index in [0.717, 1.165) is 6.92 Å². The van der Waals surface area contributed by atoms with Gasteiger partial charge in [-0.3, -0.25) is 4.79 Å². The second-order valence-corrected chi connectivity index (χ2v) is 6.30. The number of hydrogen-bond donors (Lipinski definition) is 1. The average Bonchev–Trinajstić information content (AvgIpc) is 3.04. The van der Waals surface area contributed by atoms with E-state index in [1.54, 1.807) is 0 Å². The Morgan fingerprint density at radius 3 is 1.35 bits per heavy atom. The highest BCUT2D eigenvalue weighted by Gasteiger charge is 2.95. The van der Waals surface area contributed by atoms with E-state index in [1.165, 1.54) is 0 Å². The molecule has 0 atom stereocenters. The van der Waals surface area contributed by atoms with Crippen LogP contribution in [0.25, 0.3) is 0 Å². The monoisotopic (exact) mass is 544 g/mol. The van der Waals surface area contributed by atoms with Gasteiger partial charge < -0.3 is 9.84 Å². The Kier molecular flexibility index (Phi) is 6.73. The van der Waals surface area contributed by atoms with Crippen LogP contribution in [0.4, 0.5) is 80.5 Å². The molecule has 0 saturated heterocycles. The largest absolute Gasteiger partial charge is 0.460 e. The van der Waals surface area contributed by atoms with Crippen LogP contribution in [-0.4, -0.2) is 58.7 Å². The fourth-order valence-corrected chi connectivity index (χ4v) is 1.93. The van der Waals surface area contributed by atoms with Crippen LogP contribution in [0, 0.1) is 6.92 Å². The third kappa shape index (κ3) is 3.79. The van der Waals surface area contributed by atoms with Gasteiger partial charge in [-0.05, 0) is 6.92 Å². The summed E-state index contributed by atoms with van der Waals surface area (Å²) in [6.07, 6.45) is -7.84. The molecule has 0 saturated carbocycles. The predicted octanol–water partition coefficient (Wildman–Crippen LogP) is 5.93. The zero-order valence-electron chi connectivity index (χ0n) is 15.3. The molecular weight excluding hydrogens is 539 g/mol. The number of hydrogen-bond acceptors (Lipinski definition) is 3. The Balaban J connectivity index is 3.57. The fraction of sp³-hybridized carbons (Fsp3) is 0.692. The standard InChI is InChI=1S/C13H5F17N2O2/c1-3-2-4(32-34-3)31-5(33)6(14,15)7(16,17)8(18,19)9(20,21)10(22,23)11(24,25)12(26,27)13(28,29)30/h2H,1H3,(H,31,32,33). The van der Waals surface area contributed by atoms with Gasteiger partial charge in [-0.15, -0.1) is 0 Å². The zero-order valence-corrected chi connectivity index (χ0v) is 15.3. The molecule has 1 N–H and O–H groups in total. The summed E-state index contributed by atoms with van der Waals surface area (Å²) in [6.45, 7) is 0.975. The third-order valence-electron chi connectivity index (χ3n) is 3.88. The molecule has 0 aliphatic heterocycles. The number of amides is 1. The molecule has 0 aliphatic carbocycles. The molecule has 1 heterocycles. The fourth-order valence-electron chi connectivity index (χ4n) is 1.93. The minimum Gasteiger partial charge on any atom is -0.360 e. The summed E-state index contributed by atoms with van der Waals surface area (Å²) >= 11 is 0. The normalized spacial score (nSPS) is 15.5. The van der Waals surface area contributed by atoms with E-state index < -0.39 is 59.4 Å². The summed E-state index contributed by atoms with van der Waals surface area (Å²) in [6, 6.07) is 0.437. The van der Waals surface area contributed by atoms with Gasteiger partial charge in [0.1, 0.15) is 5.76 Å². The van der Waals surface area contributed by atoms with Crippen molar-refractivity contribution >= 4 is 11.7 Å². The summed E-state index contributed by atoms with van der Waals surface area (Å²) in [5, 5.41) is 3.24. The molecule has 0 fully saturated rings. The van der Waals surface area contributed by atoms with Crippen LogP contribution in [-0.2, 0) is 4.79 Å². The van der Waals surface area contributed by atoms with Gasteiger partial charge in [0, 0.05) is 6.07 Å². The Morgan fingerprint density at radius 2 is 1.03 bits per heavy atom. The molecule has 0 bridgehead atoms. The Labute approximate surface area is 174 Å². The molecule has 1 rings (SSSR count). The highest BCUT2D eigenvalue weighted by atomic mass is 19.4. The molecule has 0 spiro atoms. The van der Waals surface area contributed by atoms with E-state index in [0.29, 0.717) is 11.4 Å². The first-order valence-electron chi connectivity index (χ1n) is 7.60. The predicted molar refractivity (Wildman–Crippen MR) is 70.6 cm³/mol. The second kappa shape index (κ2) is 7.75. The van der Waals surface area contributed by atoms with Gasteiger partial charge in [0.2, 0.25) is 0 Å². The van der Waals surface area contributed by atoms with Crippen molar-refractivity contribution in [3.05, 3.63) is 11.8 Å². The van der Waals surface area contributed by atoms with Gasteiger partial charge in [-0.2, -0.15) is 74.6 Å². The van der Waals surface area contributed by atoms with E-state index in [2.05, 4.69) is 9.68 Å². The van der Waals surface area contributed by atoms with Crippen LogP contribution < -0.4 is 5.32 Å². The van der Waals surface area contributed by atoms with Crippen molar-refractivity contribution in [2.45, 2.75) is 54.6 Å². The average molecular weight is 544 g/mol. The lowest BCUT2D eigenvalue weighted by Crippen LogP contribution is -2.75. The summed E-state index contributed by atoms with van der Waals surface area (Å²) in [4.78, 5) is 11.2. The van der Waals surface area contributed by atoms with Crippen LogP contribution in [0.1, 0.15) is 5.76 Å². The molecule has 198 valence electrons.